The quantitative estimate of drug-likeness (QED) is 0.317. The van der Waals surface area contributed by atoms with Gasteiger partial charge in [-0.15, -0.1) is 0 Å². The summed E-state index contributed by atoms with van der Waals surface area (Å²) in [5.41, 5.74) is 1.50. The van der Waals surface area contributed by atoms with Crippen molar-refractivity contribution in [1.29, 1.82) is 0 Å². The molecule has 7 heteroatoms. The molecular weight excluding hydrogens is 414 g/mol. The molecule has 31 heavy (non-hydrogen) atoms. The fraction of sp³-hybridized carbons (Fsp3) is 0.375. The molecule has 1 aliphatic rings. The fourth-order valence-electron chi connectivity index (χ4n) is 4.13. The van der Waals surface area contributed by atoms with Crippen molar-refractivity contribution in [2.24, 2.45) is 5.41 Å². The van der Waals surface area contributed by atoms with E-state index in [1.807, 2.05) is 36.4 Å². The third-order valence-electron chi connectivity index (χ3n) is 5.87. The number of hydrogen-bond donors (Lipinski definition) is 3. The number of fused-ring (bicyclic) bond motifs is 1. The third-order valence-corrected chi connectivity index (χ3v) is 7.91. The van der Waals surface area contributed by atoms with Gasteiger partial charge in [0.2, 0.25) is 0 Å². The number of aliphatic carboxylic acids is 1. The molecule has 0 bridgehead atoms. The Bertz CT molecular complexity index is 931. The van der Waals surface area contributed by atoms with Crippen molar-refractivity contribution >= 4 is 27.9 Å². The van der Waals surface area contributed by atoms with Gasteiger partial charge in [-0.05, 0) is 37.1 Å². The van der Waals surface area contributed by atoms with E-state index in [-0.39, 0.29) is 5.41 Å². The van der Waals surface area contributed by atoms with E-state index in [2.05, 4.69) is 18.7 Å². The zero-order chi connectivity index (χ0) is 22.5. The molecule has 6 nitrogen and oxygen atoms in total. The molecular formula is C24H31NO5S. The number of rotatable bonds is 8. The smallest absolute Gasteiger partial charge is 0.331 e. The first-order chi connectivity index (χ1) is 14.8. The maximum Gasteiger partial charge on any atom is 0.331 e. The number of nitrogens with zero attached hydrogens (tertiary/aromatic N) is 1. The van der Waals surface area contributed by atoms with Gasteiger partial charge in [-0.3, -0.25) is 9.11 Å². The van der Waals surface area contributed by atoms with Crippen molar-refractivity contribution in [1.82, 2.24) is 0 Å². The Hall–Kier alpha value is -2.48. The highest BCUT2D eigenvalue weighted by Crippen LogP contribution is 2.61. The molecule has 0 spiro atoms. The molecule has 3 rings (SSSR count). The lowest BCUT2D eigenvalue weighted by molar-refractivity contribution is -0.131. The largest absolute Gasteiger partial charge is 0.478 e. The topological polar surface area (TPSA) is 90.2 Å². The molecule has 1 atom stereocenters. The zero-order valence-corrected chi connectivity index (χ0v) is 18.8. The van der Waals surface area contributed by atoms with Crippen LogP contribution in [0.4, 0.5) is 11.4 Å². The Kier molecular flexibility index (Phi) is 7.30. The number of unbranched alkanes of at least 4 members (excludes halogenated alkanes) is 1. The lowest BCUT2D eigenvalue weighted by Gasteiger charge is -2.41. The van der Waals surface area contributed by atoms with Gasteiger partial charge >= 0.3 is 5.97 Å². The molecule has 1 heterocycles. The molecule has 2 aromatic carbocycles. The molecule has 3 N–H and O–H groups in total. The molecule has 0 aliphatic carbocycles. The molecule has 0 aromatic heterocycles. The monoisotopic (exact) mass is 445 g/mol. The minimum absolute atomic E-state index is 0.242. The maximum absolute atomic E-state index is 11.3. The summed E-state index contributed by atoms with van der Waals surface area (Å²) in [6.45, 7) is 4.96. The standard InChI is InChI=1S/C24H31NO5S/c1-3-5-14-24(4-2)17-25(19-9-7-6-8-10-19)21-12-11-20(30-15-13-23(26)27)16-22(21)31(28,29)18-24/h6-13,15-16,28-29H,3-5,14,17-18H2,1-2H3,(H,26,27)/b15-13+. The summed E-state index contributed by atoms with van der Waals surface area (Å²) in [4.78, 5) is 13.3. The van der Waals surface area contributed by atoms with Crippen LogP contribution in [0.1, 0.15) is 39.5 Å². The number of benzene rings is 2. The van der Waals surface area contributed by atoms with Crippen molar-refractivity contribution in [2.45, 2.75) is 44.4 Å². The Labute approximate surface area is 185 Å². The van der Waals surface area contributed by atoms with Crippen LogP contribution in [0.5, 0.6) is 5.75 Å². The second-order valence-electron chi connectivity index (χ2n) is 8.08. The van der Waals surface area contributed by atoms with E-state index < -0.39 is 16.6 Å². The number of hydrogen-bond acceptors (Lipinski definition) is 5. The van der Waals surface area contributed by atoms with Crippen molar-refractivity contribution in [3.63, 3.8) is 0 Å². The van der Waals surface area contributed by atoms with E-state index in [0.29, 0.717) is 22.9 Å². The summed E-state index contributed by atoms with van der Waals surface area (Å²) in [6.07, 6.45) is 5.80. The molecule has 1 unspecified atom stereocenters. The second kappa shape index (κ2) is 9.77. The third kappa shape index (κ3) is 5.42. The SMILES string of the molecule is CCCCC1(CC)CN(c2ccccc2)c2ccc(O/C=C/C(=O)O)cc2S(O)(O)C1. The number of carboxylic acid groups (broad SMARTS) is 1. The van der Waals surface area contributed by atoms with Crippen LogP contribution in [-0.2, 0) is 4.79 Å². The number of carboxylic acids is 1. The van der Waals surface area contributed by atoms with Crippen LogP contribution in [0.25, 0.3) is 0 Å². The van der Waals surface area contributed by atoms with Gasteiger partial charge in [0.25, 0.3) is 0 Å². The van der Waals surface area contributed by atoms with Crippen LogP contribution < -0.4 is 9.64 Å². The highest BCUT2D eigenvalue weighted by atomic mass is 32.3. The van der Waals surface area contributed by atoms with E-state index >= 15 is 0 Å². The Balaban J connectivity index is 2.10. The van der Waals surface area contributed by atoms with Crippen molar-refractivity contribution < 1.29 is 23.7 Å². The van der Waals surface area contributed by atoms with Gasteiger partial charge < -0.3 is 14.7 Å². The number of anilines is 2. The fourth-order valence-corrected chi connectivity index (χ4v) is 6.39. The Morgan fingerprint density at radius 1 is 1.19 bits per heavy atom. The van der Waals surface area contributed by atoms with E-state index in [1.54, 1.807) is 12.1 Å². The van der Waals surface area contributed by atoms with E-state index in [0.717, 1.165) is 49.4 Å². The van der Waals surface area contributed by atoms with Crippen LogP contribution in [0, 0.1) is 5.41 Å². The summed E-state index contributed by atoms with van der Waals surface area (Å²) in [7, 11) is -3.10. The average molecular weight is 446 g/mol. The molecule has 0 saturated heterocycles. The Morgan fingerprint density at radius 2 is 1.94 bits per heavy atom. The predicted molar refractivity (Wildman–Crippen MR) is 126 cm³/mol. The van der Waals surface area contributed by atoms with E-state index in [1.165, 1.54) is 0 Å². The van der Waals surface area contributed by atoms with Crippen molar-refractivity contribution in [3.05, 3.63) is 60.9 Å². The number of carbonyl (C=O) groups is 1. The van der Waals surface area contributed by atoms with Gasteiger partial charge in [0.05, 0.1) is 22.9 Å². The molecule has 0 radical (unpaired) electrons. The first-order valence-corrected chi connectivity index (χ1v) is 12.3. The Morgan fingerprint density at radius 3 is 2.58 bits per heavy atom. The highest BCUT2D eigenvalue weighted by molar-refractivity contribution is 8.24. The van der Waals surface area contributed by atoms with Crippen molar-refractivity contribution in [2.75, 3.05) is 17.2 Å². The molecule has 1 aliphatic heterocycles. The van der Waals surface area contributed by atoms with Gasteiger partial charge in [-0.25, -0.2) is 4.79 Å². The number of ether oxygens (including phenoxy) is 1. The summed E-state index contributed by atoms with van der Waals surface area (Å²) >= 11 is 0. The zero-order valence-electron chi connectivity index (χ0n) is 18.0. The van der Waals surface area contributed by atoms with Crippen LogP contribution in [0.15, 0.2) is 65.8 Å². The van der Waals surface area contributed by atoms with E-state index in [9.17, 15) is 13.9 Å². The predicted octanol–water partition coefficient (Wildman–Crippen LogP) is 6.51. The lowest BCUT2D eigenvalue weighted by atomic mass is 9.81. The summed E-state index contributed by atoms with van der Waals surface area (Å²) in [6, 6.07) is 15.2. The van der Waals surface area contributed by atoms with Crippen molar-refractivity contribution in [3.8, 4) is 5.75 Å². The summed E-state index contributed by atoms with van der Waals surface area (Å²) in [5.74, 6) is -0.457. The lowest BCUT2D eigenvalue weighted by Crippen LogP contribution is -2.37. The van der Waals surface area contributed by atoms with E-state index in [4.69, 9.17) is 9.84 Å². The molecule has 0 fully saturated rings. The van der Waals surface area contributed by atoms with Crippen LogP contribution in [0.3, 0.4) is 0 Å². The molecule has 2 aromatic rings. The number of para-hydroxylation sites is 1. The minimum atomic E-state index is -3.10. The van der Waals surface area contributed by atoms with Crippen LogP contribution >= 0.6 is 10.6 Å². The normalized spacial score (nSPS) is 21.4. The molecule has 0 saturated carbocycles. The summed E-state index contributed by atoms with van der Waals surface area (Å²) in [5, 5.41) is 8.77. The minimum Gasteiger partial charge on any atom is -0.478 e. The van der Waals surface area contributed by atoms with Gasteiger partial charge in [-0.1, -0.05) is 44.9 Å². The van der Waals surface area contributed by atoms with Gasteiger partial charge in [-0.2, -0.15) is 10.6 Å². The molecule has 0 amide bonds. The maximum atomic E-state index is 11.3. The van der Waals surface area contributed by atoms with Crippen LogP contribution in [-0.4, -0.2) is 32.5 Å². The second-order valence-corrected chi connectivity index (χ2v) is 10.1. The highest BCUT2D eigenvalue weighted by Gasteiger charge is 2.41. The van der Waals surface area contributed by atoms with Gasteiger partial charge in [0, 0.05) is 29.5 Å². The average Bonchev–Trinajstić information content (AvgIpc) is 2.85. The summed E-state index contributed by atoms with van der Waals surface area (Å²) < 4.78 is 28.1. The van der Waals surface area contributed by atoms with Crippen LogP contribution in [0.2, 0.25) is 0 Å². The van der Waals surface area contributed by atoms with Gasteiger partial charge in [0.1, 0.15) is 5.75 Å². The molecule has 168 valence electrons. The first kappa shape index (κ1) is 23.2. The first-order valence-electron chi connectivity index (χ1n) is 10.6. The van der Waals surface area contributed by atoms with Gasteiger partial charge in [0.15, 0.2) is 0 Å².